The number of hydrogen-bond donors (Lipinski definition) is 4. The Morgan fingerprint density at radius 2 is 1.90 bits per heavy atom. The predicted molar refractivity (Wildman–Crippen MR) is 108 cm³/mol. The van der Waals surface area contributed by atoms with Crippen molar-refractivity contribution in [1.82, 2.24) is 20.6 Å². The zero-order chi connectivity index (χ0) is 20.6. The summed E-state index contributed by atoms with van der Waals surface area (Å²) < 4.78 is 0. The van der Waals surface area contributed by atoms with E-state index in [1.807, 2.05) is 30.3 Å². The van der Waals surface area contributed by atoms with E-state index in [4.69, 9.17) is 0 Å². The monoisotopic (exact) mass is 396 g/mol. The van der Waals surface area contributed by atoms with Crippen LogP contribution < -0.4 is 10.6 Å². The predicted octanol–water partition coefficient (Wildman–Crippen LogP) is 0.505. The van der Waals surface area contributed by atoms with Crippen LogP contribution in [0, 0.1) is 5.92 Å². The first-order valence-electron chi connectivity index (χ1n) is 9.80. The van der Waals surface area contributed by atoms with E-state index in [1.54, 1.807) is 0 Å². The maximum atomic E-state index is 12.9. The van der Waals surface area contributed by atoms with E-state index in [1.165, 1.54) is 18.6 Å². The van der Waals surface area contributed by atoms with Gasteiger partial charge in [-0.1, -0.05) is 49.6 Å². The number of nitrogens with one attached hydrogen (secondary N) is 2. The third kappa shape index (κ3) is 6.10. The Bertz CT molecular complexity index is 803. The molecule has 4 N–H and O–H groups in total. The number of carbonyl (C=O) groups is 2. The minimum absolute atomic E-state index is 0.103. The largest absolute Gasteiger partial charge is 0.475 e. The molecular weight excluding hydrogens is 371 g/mol. The molecule has 0 spiro atoms. The van der Waals surface area contributed by atoms with Crippen molar-refractivity contribution in [2.24, 2.45) is 5.92 Å². The van der Waals surface area contributed by atoms with Gasteiger partial charge >= 0.3 is 7.12 Å². The number of hydrogen-bond acceptors (Lipinski definition) is 6. The molecule has 1 fully saturated rings. The molecule has 8 nitrogen and oxygen atoms in total. The maximum Gasteiger partial charge on any atom is 0.475 e. The van der Waals surface area contributed by atoms with E-state index in [0.29, 0.717) is 12.3 Å². The average Bonchev–Trinajstić information content (AvgIpc) is 2.70. The quantitative estimate of drug-likeness (QED) is 0.458. The zero-order valence-electron chi connectivity index (χ0n) is 16.1. The minimum atomic E-state index is -1.66. The van der Waals surface area contributed by atoms with Gasteiger partial charge in [-0.25, -0.2) is 4.98 Å². The highest BCUT2D eigenvalue weighted by molar-refractivity contribution is 6.43. The zero-order valence-corrected chi connectivity index (χ0v) is 16.1. The summed E-state index contributed by atoms with van der Waals surface area (Å²) in [6.45, 7) is 0. The highest BCUT2D eigenvalue weighted by atomic mass is 16.4. The molecule has 1 aliphatic rings. The topological polar surface area (TPSA) is 124 Å². The van der Waals surface area contributed by atoms with Crippen LogP contribution in [0.3, 0.4) is 0 Å². The molecule has 29 heavy (non-hydrogen) atoms. The van der Waals surface area contributed by atoms with Gasteiger partial charge in [-0.15, -0.1) is 0 Å². The molecule has 0 aliphatic heterocycles. The van der Waals surface area contributed by atoms with Gasteiger partial charge in [0, 0.05) is 18.8 Å². The van der Waals surface area contributed by atoms with Crippen LogP contribution in [0.2, 0.25) is 0 Å². The lowest BCUT2D eigenvalue weighted by Gasteiger charge is -2.30. The maximum absolute atomic E-state index is 12.9. The number of nitrogens with zero attached hydrogens (tertiary/aromatic N) is 2. The lowest BCUT2D eigenvalue weighted by atomic mass is 9.69. The van der Waals surface area contributed by atoms with Crippen LogP contribution >= 0.6 is 0 Å². The van der Waals surface area contributed by atoms with E-state index in [-0.39, 0.29) is 12.1 Å². The second-order valence-electron chi connectivity index (χ2n) is 7.37. The van der Waals surface area contributed by atoms with Crippen molar-refractivity contribution < 1.29 is 19.6 Å². The molecule has 1 aliphatic carbocycles. The van der Waals surface area contributed by atoms with E-state index in [2.05, 4.69) is 20.6 Å². The average molecular weight is 396 g/mol. The van der Waals surface area contributed by atoms with Crippen LogP contribution in [0.1, 0.15) is 41.7 Å². The number of benzene rings is 1. The summed E-state index contributed by atoms with van der Waals surface area (Å²) in [5.41, 5.74) is 0.971. The molecule has 2 amide bonds. The molecule has 2 atom stereocenters. The summed E-state index contributed by atoms with van der Waals surface area (Å²) in [6.07, 6.45) is 8.11. The Morgan fingerprint density at radius 1 is 1.14 bits per heavy atom. The minimum Gasteiger partial charge on any atom is -0.426 e. The molecule has 1 saturated carbocycles. The Balaban J connectivity index is 1.71. The van der Waals surface area contributed by atoms with Crippen LogP contribution in [0.4, 0.5) is 0 Å². The first-order valence-corrected chi connectivity index (χ1v) is 9.80. The van der Waals surface area contributed by atoms with E-state index >= 15 is 0 Å². The number of amides is 2. The van der Waals surface area contributed by atoms with Gasteiger partial charge in [0.1, 0.15) is 11.7 Å². The third-order valence-electron chi connectivity index (χ3n) is 5.20. The number of aromatic nitrogens is 2. The standard InChI is InChI=1S/C20H25BN4O4/c26-19(25-18(21(28)29)12-15-7-4-8-15)16(11-14-5-2-1-3-6-14)24-20(27)17-13-22-9-10-23-17/h1-3,5-6,9-10,13,15-16,18,28-29H,4,7-8,11-12H2,(H,24,27)(H,25,26). The van der Waals surface area contributed by atoms with Crippen LogP contribution in [0.25, 0.3) is 0 Å². The summed E-state index contributed by atoms with van der Waals surface area (Å²) in [7, 11) is -1.66. The van der Waals surface area contributed by atoms with Crippen molar-refractivity contribution in [3.8, 4) is 0 Å². The highest BCUT2D eigenvalue weighted by Gasteiger charge is 2.33. The Morgan fingerprint density at radius 3 is 2.48 bits per heavy atom. The normalized spacial score (nSPS) is 15.7. The van der Waals surface area contributed by atoms with Crippen molar-refractivity contribution in [2.45, 2.75) is 44.1 Å². The molecule has 0 saturated heterocycles. The van der Waals surface area contributed by atoms with Crippen molar-refractivity contribution in [2.75, 3.05) is 0 Å². The van der Waals surface area contributed by atoms with Gasteiger partial charge in [-0.05, 0) is 17.9 Å². The van der Waals surface area contributed by atoms with E-state index < -0.39 is 30.9 Å². The van der Waals surface area contributed by atoms with Crippen LogP contribution in [0.5, 0.6) is 0 Å². The van der Waals surface area contributed by atoms with Crippen LogP contribution in [-0.4, -0.2) is 50.9 Å². The lowest BCUT2D eigenvalue weighted by molar-refractivity contribution is -0.123. The number of rotatable bonds is 9. The summed E-state index contributed by atoms with van der Waals surface area (Å²) in [4.78, 5) is 33.3. The van der Waals surface area contributed by atoms with Gasteiger partial charge in [0.15, 0.2) is 0 Å². The molecule has 152 valence electrons. The summed E-state index contributed by atoms with van der Waals surface area (Å²) >= 11 is 0. The van der Waals surface area contributed by atoms with E-state index in [9.17, 15) is 19.6 Å². The Kier molecular flexibility index (Phi) is 7.32. The van der Waals surface area contributed by atoms with E-state index in [0.717, 1.165) is 24.8 Å². The Labute approximate surface area is 169 Å². The second-order valence-corrected chi connectivity index (χ2v) is 7.37. The van der Waals surface area contributed by atoms with Gasteiger partial charge in [0.05, 0.1) is 12.1 Å². The molecule has 2 unspecified atom stereocenters. The van der Waals surface area contributed by atoms with Gasteiger partial charge in [-0.2, -0.15) is 0 Å². The third-order valence-corrected chi connectivity index (χ3v) is 5.20. The molecule has 2 aromatic rings. The molecule has 1 aromatic heterocycles. The molecule has 9 heteroatoms. The smallest absolute Gasteiger partial charge is 0.426 e. The lowest BCUT2D eigenvalue weighted by Crippen LogP contribution is -2.55. The second kappa shape index (κ2) is 10.1. The van der Waals surface area contributed by atoms with Crippen LogP contribution in [0.15, 0.2) is 48.9 Å². The first kappa shape index (κ1) is 20.9. The van der Waals surface area contributed by atoms with Gasteiger partial charge in [0.2, 0.25) is 5.91 Å². The molecule has 1 heterocycles. The van der Waals surface area contributed by atoms with Crippen LogP contribution in [-0.2, 0) is 11.2 Å². The van der Waals surface area contributed by atoms with Crippen molar-refractivity contribution >= 4 is 18.9 Å². The van der Waals surface area contributed by atoms with Gasteiger partial charge < -0.3 is 20.7 Å². The molecule has 0 radical (unpaired) electrons. The summed E-state index contributed by atoms with van der Waals surface area (Å²) in [5.74, 6) is -1.39. The summed E-state index contributed by atoms with van der Waals surface area (Å²) in [6, 6.07) is 8.41. The first-order chi connectivity index (χ1) is 14.0. The van der Waals surface area contributed by atoms with Gasteiger partial charge in [0.25, 0.3) is 5.91 Å². The molecule has 0 bridgehead atoms. The van der Waals surface area contributed by atoms with Crippen molar-refractivity contribution in [3.63, 3.8) is 0 Å². The van der Waals surface area contributed by atoms with Crippen molar-refractivity contribution in [1.29, 1.82) is 0 Å². The fraction of sp³-hybridized carbons (Fsp3) is 0.400. The summed E-state index contributed by atoms with van der Waals surface area (Å²) in [5, 5.41) is 24.8. The fourth-order valence-corrected chi connectivity index (χ4v) is 3.33. The fourth-order valence-electron chi connectivity index (χ4n) is 3.33. The Hall–Kier alpha value is -2.78. The number of carbonyl (C=O) groups excluding carboxylic acids is 2. The highest BCUT2D eigenvalue weighted by Crippen LogP contribution is 2.30. The SMILES string of the molecule is O=C(NC(Cc1ccccc1)C(=O)NC(CC1CCC1)B(O)O)c1cnccn1. The molecule has 3 rings (SSSR count). The van der Waals surface area contributed by atoms with Crippen molar-refractivity contribution in [3.05, 3.63) is 60.2 Å². The molecule has 1 aromatic carbocycles. The van der Waals surface area contributed by atoms with Gasteiger partial charge in [-0.3, -0.25) is 14.6 Å². The molecular formula is C20H25BN4O4.